The minimum Gasteiger partial charge on any atom is -0.398 e. The Morgan fingerprint density at radius 2 is 2.11 bits per heavy atom. The third-order valence-corrected chi connectivity index (χ3v) is 3.21. The molecule has 0 saturated heterocycles. The Morgan fingerprint density at radius 3 is 2.79 bits per heavy atom. The molecular weight excluding hydrogens is 260 g/mol. The van der Waals surface area contributed by atoms with Crippen molar-refractivity contribution >= 4 is 23.1 Å². The number of nitrogens with two attached hydrogens (primary N) is 1. The predicted octanol–water partition coefficient (Wildman–Crippen LogP) is 3.36. The molecule has 0 saturated carbocycles. The maximum atomic E-state index is 8.93. The average molecular weight is 273 g/mol. The van der Waals surface area contributed by atoms with E-state index in [4.69, 9.17) is 22.6 Å². The molecule has 1 aromatic heterocycles. The predicted molar refractivity (Wildman–Crippen MR) is 76.9 cm³/mol. The molecule has 0 aliphatic carbocycles. The molecule has 96 valence electrons. The van der Waals surface area contributed by atoms with Crippen LogP contribution in [0, 0.1) is 11.3 Å². The second kappa shape index (κ2) is 5.59. The molecule has 1 heterocycles. The van der Waals surface area contributed by atoms with Gasteiger partial charge in [0.05, 0.1) is 11.6 Å². The van der Waals surface area contributed by atoms with Crippen LogP contribution in [0.15, 0.2) is 36.5 Å². The van der Waals surface area contributed by atoms with E-state index in [1.165, 1.54) is 0 Å². The number of nitrogen functional groups attached to an aromatic ring is 1. The highest BCUT2D eigenvalue weighted by molar-refractivity contribution is 6.34. The van der Waals surface area contributed by atoms with Gasteiger partial charge in [0, 0.05) is 11.9 Å². The highest BCUT2D eigenvalue weighted by atomic mass is 35.5. The van der Waals surface area contributed by atoms with Gasteiger partial charge in [-0.25, -0.2) is 4.98 Å². The Hall–Kier alpha value is -2.25. The topological polar surface area (TPSA) is 74.7 Å². The van der Waals surface area contributed by atoms with Gasteiger partial charge in [-0.2, -0.15) is 5.26 Å². The van der Waals surface area contributed by atoms with E-state index in [0.717, 1.165) is 5.56 Å². The molecular formula is C14H13ClN4. The number of nitriles is 1. The summed E-state index contributed by atoms with van der Waals surface area (Å²) in [6.07, 6.45) is 1.55. The normalized spacial score (nSPS) is 11.6. The molecule has 0 bridgehead atoms. The fourth-order valence-electron chi connectivity index (χ4n) is 1.82. The molecule has 0 radical (unpaired) electrons. The number of para-hydroxylation sites is 1. The maximum absolute atomic E-state index is 8.93. The maximum Gasteiger partial charge on any atom is 0.146 e. The van der Waals surface area contributed by atoms with Crippen molar-refractivity contribution in [3.63, 3.8) is 0 Å². The first-order chi connectivity index (χ1) is 9.13. The zero-order chi connectivity index (χ0) is 13.8. The summed E-state index contributed by atoms with van der Waals surface area (Å²) in [5, 5.41) is 12.4. The fourth-order valence-corrected chi connectivity index (χ4v) is 2.03. The second-order valence-electron chi connectivity index (χ2n) is 4.13. The average Bonchev–Trinajstić information content (AvgIpc) is 2.41. The van der Waals surface area contributed by atoms with Crippen LogP contribution in [0.5, 0.6) is 0 Å². The van der Waals surface area contributed by atoms with Crippen molar-refractivity contribution in [2.45, 2.75) is 13.0 Å². The number of hydrogen-bond acceptors (Lipinski definition) is 4. The molecule has 1 unspecified atom stereocenters. The standard InChI is InChI=1S/C14H13ClN4/c1-9(11-4-2-3-5-12(11)17)19-14-13(15)10(8-16)6-7-18-14/h2-7,9H,17H2,1H3,(H,18,19). The molecule has 2 rings (SSSR count). The molecule has 0 aliphatic heterocycles. The summed E-state index contributed by atoms with van der Waals surface area (Å²) in [4.78, 5) is 4.15. The summed E-state index contributed by atoms with van der Waals surface area (Å²) in [7, 11) is 0. The Balaban J connectivity index is 2.28. The molecule has 3 N–H and O–H groups in total. The van der Waals surface area contributed by atoms with Crippen LogP contribution in [0.4, 0.5) is 11.5 Å². The number of pyridine rings is 1. The van der Waals surface area contributed by atoms with Crippen LogP contribution in [0.3, 0.4) is 0 Å². The van der Waals surface area contributed by atoms with Crippen molar-refractivity contribution in [2.75, 3.05) is 11.1 Å². The van der Waals surface area contributed by atoms with Crippen LogP contribution in [0.1, 0.15) is 24.1 Å². The Kier molecular flexibility index (Phi) is 3.88. The van der Waals surface area contributed by atoms with E-state index < -0.39 is 0 Å². The zero-order valence-corrected chi connectivity index (χ0v) is 11.1. The summed E-state index contributed by atoms with van der Waals surface area (Å²) in [5.41, 5.74) is 7.98. The molecule has 0 spiro atoms. The molecule has 5 heteroatoms. The Bertz CT molecular complexity index is 634. The zero-order valence-electron chi connectivity index (χ0n) is 10.4. The number of aromatic nitrogens is 1. The SMILES string of the molecule is CC(Nc1nccc(C#N)c1Cl)c1ccccc1N. The number of nitrogens with one attached hydrogen (secondary N) is 1. The fraction of sp³-hybridized carbons (Fsp3) is 0.143. The number of halogens is 1. The highest BCUT2D eigenvalue weighted by Crippen LogP contribution is 2.28. The van der Waals surface area contributed by atoms with Crippen LogP contribution in [-0.2, 0) is 0 Å². The highest BCUT2D eigenvalue weighted by Gasteiger charge is 2.12. The third-order valence-electron chi connectivity index (χ3n) is 2.83. The summed E-state index contributed by atoms with van der Waals surface area (Å²) < 4.78 is 0. The van der Waals surface area contributed by atoms with Crippen molar-refractivity contribution in [3.8, 4) is 6.07 Å². The van der Waals surface area contributed by atoms with Crippen LogP contribution in [0.25, 0.3) is 0 Å². The lowest BCUT2D eigenvalue weighted by atomic mass is 10.1. The van der Waals surface area contributed by atoms with E-state index in [1.54, 1.807) is 12.3 Å². The second-order valence-corrected chi connectivity index (χ2v) is 4.51. The Morgan fingerprint density at radius 1 is 1.37 bits per heavy atom. The summed E-state index contributed by atoms with van der Waals surface area (Å²) in [6, 6.07) is 11.1. The molecule has 1 atom stereocenters. The first kappa shape index (κ1) is 13.2. The molecule has 0 amide bonds. The minimum absolute atomic E-state index is 0.0554. The van der Waals surface area contributed by atoms with E-state index in [0.29, 0.717) is 22.1 Å². The van der Waals surface area contributed by atoms with Gasteiger partial charge in [0.25, 0.3) is 0 Å². The number of hydrogen-bond donors (Lipinski definition) is 2. The molecule has 1 aromatic carbocycles. The van der Waals surface area contributed by atoms with Gasteiger partial charge in [0.2, 0.25) is 0 Å². The van der Waals surface area contributed by atoms with Crippen LogP contribution >= 0.6 is 11.6 Å². The van der Waals surface area contributed by atoms with Crippen LogP contribution in [0.2, 0.25) is 5.02 Å². The van der Waals surface area contributed by atoms with Crippen molar-refractivity contribution < 1.29 is 0 Å². The molecule has 0 fully saturated rings. The van der Waals surface area contributed by atoms with Crippen molar-refractivity contribution in [2.24, 2.45) is 0 Å². The number of benzene rings is 1. The summed E-state index contributed by atoms with van der Waals surface area (Å²) >= 11 is 6.10. The minimum atomic E-state index is -0.0554. The summed E-state index contributed by atoms with van der Waals surface area (Å²) in [6.45, 7) is 1.96. The van der Waals surface area contributed by atoms with Gasteiger partial charge in [-0.3, -0.25) is 0 Å². The van der Waals surface area contributed by atoms with Gasteiger partial charge < -0.3 is 11.1 Å². The van der Waals surface area contributed by atoms with Crippen molar-refractivity contribution in [1.29, 1.82) is 5.26 Å². The van der Waals surface area contributed by atoms with Crippen molar-refractivity contribution in [1.82, 2.24) is 4.98 Å². The molecule has 4 nitrogen and oxygen atoms in total. The molecule has 0 aliphatic rings. The quantitative estimate of drug-likeness (QED) is 0.840. The van der Waals surface area contributed by atoms with Gasteiger partial charge >= 0.3 is 0 Å². The first-order valence-corrected chi connectivity index (χ1v) is 6.17. The molecule has 2 aromatic rings. The van der Waals surface area contributed by atoms with E-state index in [1.807, 2.05) is 37.3 Å². The van der Waals surface area contributed by atoms with E-state index in [-0.39, 0.29) is 6.04 Å². The number of rotatable bonds is 3. The van der Waals surface area contributed by atoms with E-state index >= 15 is 0 Å². The number of anilines is 2. The lowest BCUT2D eigenvalue weighted by molar-refractivity contribution is 0.877. The van der Waals surface area contributed by atoms with Gasteiger partial charge in [0.1, 0.15) is 16.9 Å². The van der Waals surface area contributed by atoms with Crippen LogP contribution < -0.4 is 11.1 Å². The van der Waals surface area contributed by atoms with Crippen LogP contribution in [-0.4, -0.2) is 4.98 Å². The largest absolute Gasteiger partial charge is 0.398 e. The monoisotopic (exact) mass is 272 g/mol. The summed E-state index contributed by atoms with van der Waals surface area (Å²) in [5.74, 6) is 0.483. The lowest BCUT2D eigenvalue weighted by Gasteiger charge is -2.17. The smallest absolute Gasteiger partial charge is 0.146 e. The van der Waals surface area contributed by atoms with E-state index in [2.05, 4.69) is 10.3 Å². The number of nitrogens with zero attached hydrogens (tertiary/aromatic N) is 2. The van der Waals surface area contributed by atoms with Gasteiger partial charge in [-0.1, -0.05) is 29.8 Å². The van der Waals surface area contributed by atoms with Gasteiger partial charge in [-0.05, 0) is 24.6 Å². The van der Waals surface area contributed by atoms with Gasteiger partial charge in [-0.15, -0.1) is 0 Å². The van der Waals surface area contributed by atoms with Gasteiger partial charge in [0.15, 0.2) is 0 Å². The first-order valence-electron chi connectivity index (χ1n) is 5.79. The van der Waals surface area contributed by atoms with Crippen molar-refractivity contribution in [3.05, 3.63) is 52.7 Å². The van der Waals surface area contributed by atoms with E-state index in [9.17, 15) is 0 Å². The lowest BCUT2D eigenvalue weighted by Crippen LogP contribution is -2.10. The Labute approximate surface area is 116 Å². The third kappa shape index (κ3) is 2.78. The molecule has 19 heavy (non-hydrogen) atoms.